The van der Waals surface area contributed by atoms with Crippen molar-refractivity contribution in [3.05, 3.63) is 70.3 Å². The van der Waals surface area contributed by atoms with Crippen molar-refractivity contribution in [1.29, 1.82) is 0 Å². The zero-order valence-electron chi connectivity index (χ0n) is 16.7. The third kappa shape index (κ3) is 3.17. The van der Waals surface area contributed by atoms with Gasteiger partial charge in [-0.05, 0) is 31.5 Å². The van der Waals surface area contributed by atoms with Crippen molar-refractivity contribution in [1.82, 2.24) is 9.55 Å². The van der Waals surface area contributed by atoms with Crippen LogP contribution in [0.5, 0.6) is 5.75 Å². The normalized spacial score (nSPS) is 11.6. The van der Waals surface area contributed by atoms with Gasteiger partial charge in [0, 0.05) is 16.5 Å². The average Bonchev–Trinajstić information content (AvgIpc) is 3.18. The van der Waals surface area contributed by atoms with Gasteiger partial charge in [-0.15, -0.1) is 11.3 Å². The van der Waals surface area contributed by atoms with E-state index in [1.165, 1.54) is 29.8 Å². The first-order valence-corrected chi connectivity index (χ1v) is 10.2. The lowest BCUT2D eigenvalue weighted by molar-refractivity contribution is -0.145. The van der Waals surface area contributed by atoms with E-state index in [2.05, 4.69) is 0 Å². The SMILES string of the molecule is COc1cccc(-c2csc3nc(-c4ccccc4)n(C(C)(C)C(=O)O)c(=O)c23)c1. The van der Waals surface area contributed by atoms with Gasteiger partial charge in [0.25, 0.3) is 5.56 Å². The highest BCUT2D eigenvalue weighted by atomic mass is 32.1. The summed E-state index contributed by atoms with van der Waals surface area (Å²) in [6.45, 7) is 3.02. The van der Waals surface area contributed by atoms with Crippen LogP contribution in [0, 0.1) is 0 Å². The van der Waals surface area contributed by atoms with Gasteiger partial charge >= 0.3 is 5.97 Å². The minimum absolute atomic E-state index is 0.333. The highest BCUT2D eigenvalue weighted by Crippen LogP contribution is 2.35. The standard InChI is InChI=1S/C23H20N2O4S/c1-23(2,22(27)28)25-19(14-8-5-4-6-9-14)24-20-18(21(25)26)17(13-30-20)15-10-7-11-16(12-15)29-3/h4-13H,1-3H3,(H,27,28). The van der Waals surface area contributed by atoms with Gasteiger partial charge in [-0.2, -0.15) is 0 Å². The molecule has 0 amide bonds. The largest absolute Gasteiger partial charge is 0.497 e. The van der Waals surface area contributed by atoms with E-state index >= 15 is 0 Å². The van der Waals surface area contributed by atoms with Crippen molar-refractivity contribution in [2.45, 2.75) is 19.4 Å². The second-order valence-corrected chi connectivity index (χ2v) is 8.23. The summed E-state index contributed by atoms with van der Waals surface area (Å²) in [6, 6.07) is 16.6. The van der Waals surface area contributed by atoms with E-state index in [-0.39, 0.29) is 5.56 Å². The third-order valence-electron chi connectivity index (χ3n) is 5.10. The lowest BCUT2D eigenvalue weighted by Gasteiger charge is -2.25. The number of hydrogen-bond donors (Lipinski definition) is 1. The van der Waals surface area contributed by atoms with Crippen LogP contribution in [0.4, 0.5) is 0 Å². The minimum Gasteiger partial charge on any atom is -0.497 e. The molecular formula is C23H20N2O4S. The number of thiophene rings is 1. The van der Waals surface area contributed by atoms with E-state index in [1.54, 1.807) is 7.11 Å². The molecule has 152 valence electrons. The van der Waals surface area contributed by atoms with E-state index in [0.29, 0.717) is 32.9 Å². The number of aromatic nitrogens is 2. The third-order valence-corrected chi connectivity index (χ3v) is 5.98. The first kappa shape index (κ1) is 19.8. The molecule has 7 heteroatoms. The van der Waals surface area contributed by atoms with Crippen LogP contribution in [0.1, 0.15) is 13.8 Å². The molecule has 0 bridgehead atoms. The van der Waals surface area contributed by atoms with Gasteiger partial charge < -0.3 is 9.84 Å². The number of hydrogen-bond acceptors (Lipinski definition) is 5. The van der Waals surface area contributed by atoms with Gasteiger partial charge in [0.05, 0.1) is 12.5 Å². The van der Waals surface area contributed by atoms with Crippen LogP contribution in [-0.4, -0.2) is 27.7 Å². The average molecular weight is 420 g/mol. The molecule has 0 aliphatic heterocycles. The quantitative estimate of drug-likeness (QED) is 0.509. The fourth-order valence-corrected chi connectivity index (χ4v) is 4.33. The zero-order chi connectivity index (χ0) is 21.5. The van der Waals surface area contributed by atoms with Gasteiger partial charge in [0.2, 0.25) is 0 Å². The molecule has 1 N–H and O–H groups in total. The maximum atomic E-state index is 13.7. The Hall–Kier alpha value is -3.45. The number of nitrogens with zero attached hydrogens (tertiary/aromatic N) is 2. The lowest BCUT2D eigenvalue weighted by atomic mass is 10.0. The Bertz CT molecular complexity index is 1310. The molecule has 0 unspecified atom stereocenters. The second kappa shape index (κ2) is 7.42. The van der Waals surface area contributed by atoms with Crippen molar-refractivity contribution < 1.29 is 14.6 Å². The molecule has 2 aromatic heterocycles. The number of carboxylic acids is 1. The summed E-state index contributed by atoms with van der Waals surface area (Å²) in [7, 11) is 1.58. The molecule has 0 aliphatic carbocycles. The van der Waals surface area contributed by atoms with Crippen LogP contribution in [0.3, 0.4) is 0 Å². The molecule has 0 saturated heterocycles. The van der Waals surface area contributed by atoms with Crippen molar-refractivity contribution in [2.24, 2.45) is 0 Å². The number of rotatable bonds is 5. The van der Waals surface area contributed by atoms with E-state index in [0.717, 1.165) is 5.56 Å². The van der Waals surface area contributed by atoms with Crippen LogP contribution in [0.2, 0.25) is 0 Å². The number of ether oxygens (including phenoxy) is 1. The maximum absolute atomic E-state index is 13.7. The Balaban J connectivity index is 2.08. The molecule has 0 atom stereocenters. The van der Waals surface area contributed by atoms with E-state index < -0.39 is 11.5 Å². The smallest absolute Gasteiger partial charge is 0.329 e. The molecule has 0 saturated carbocycles. The summed E-state index contributed by atoms with van der Waals surface area (Å²) < 4.78 is 6.59. The molecule has 0 aliphatic rings. The number of benzene rings is 2. The molecular weight excluding hydrogens is 400 g/mol. The fraction of sp³-hybridized carbons (Fsp3) is 0.174. The van der Waals surface area contributed by atoms with Crippen molar-refractivity contribution in [2.75, 3.05) is 7.11 Å². The molecule has 4 rings (SSSR count). The topological polar surface area (TPSA) is 81.4 Å². The van der Waals surface area contributed by atoms with E-state index in [1.807, 2.05) is 60.0 Å². The molecule has 6 nitrogen and oxygen atoms in total. The van der Waals surface area contributed by atoms with Gasteiger partial charge in [-0.1, -0.05) is 42.5 Å². The Morgan fingerprint density at radius 2 is 1.80 bits per heavy atom. The Morgan fingerprint density at radius 3 is 2.47 bits per heavy atom. The van der Waals surface area contributed by atoms with E-state index in [9.17, 15) is 14.7 Å². The number of methoxy groups -OCH3 is 1. The number of carbonyl (C=O) groups is 1. The molecule has 2 aromatic carbocycles. The molecule has 0 spiro atoms. The molecule has 30 heavy (non-hydrogen) atoms. The zero-order valence-corrected chi connectivity index (χ0v) is 17.6. The van der Waals surface area contributed by atoms with Crippen LogP contribution < -0.4 is 10.3 Å². The maximum Gasteiger partial charge on any atom is 0.329 e. The summed E-state index contributed by atoms with van der Waals surface area (Å²) in [5.74, 6) is -0.104. The Kier molecular flexibility index (Phi) is 4.91. The number of aliphatic carboxylic acids is 1. The van der Waals surface area contributed by atoms with Gasteiger partial charge in [0.1, 0.15) is 21.9 Å². The summed E-state index contributed by atoms with van der Waals surface area (Å²) in [6.07, 6.45) is 0. The predicted molar refractivity (Wildman–Crippen MR) is 118 cm³/mol. The Morgan fingerprint density at radius 1 is 1.10 bits per heavy atom. The van der Waals surface area contributed by atoms with Crippen LogP contribution >= 0.6 is 11.3 Å². The first-order chi connectivity index (χ1) is 14.3. The lowest BCUT2D eigenvalue weighted by Crippen LogP contribution is -2.44. The predicted octanol–water partition coefficient (Wildman–Crippen LogP) is 4.62. The molecule has 0 fully saturated rings. The van der Waals surface area contributed by atoms with Gasteiger partial charge in [-0.3, -0.25) is 9.36 Å². The summed E-state index contributed by atoms with van der Waals surface area (Å²) in [4.78, 5) is 31.1. The summed E-state index contributed by atoms with van der Waals surface area (Å²) in [5.41, 5.74) is 0.330. The molecule has 0 radical (unpaired) electrons. The number of fused-ring (bicyclic) bond motifs is 1. The van der Waals surface area contributed by atoms with Crippen LogP contribution in [0.25, 0.3) is 32.7 Å². The van der Waals surface area contributed by atoms with Gasteiger partial charge in [0.15, 0.2) is 0 Å². The van der Waals surface area contributed by atoms with Crippen molar-refractivity contribution >= 4 is 27.5 Å². The Labute approximate surface area is 177 Å². The monoisotopic (exact) mass is 420 g/mol. The van der Waals surface area contributed by atoms with Gasteiger partial charge in [-0.25, -0.2) is 9.78 Å². The van der Waals surface area contributed by atoms with Crippen molar-refractivity contribution in [3.63, 3.8) is 0 Å². The second-order valence-electron chi connectivity index (χ2n) is 7.37. The highest BCUT2D eigenvalue weighted by Gasteiger charge is 2.34. The molecule has 4 aromatic rings. The summed E-state index contributed by atoms with van der Waals surface area (Å²) >= 11 is 1.36. The number of carboxylic acid groups (broad SMARTS) is 1. The minimum atomic E-state index is -1.49. The van der Waals surface area contributed by atoms with Crippen LogP contribution in [-0.2, 0) is 10.3 Å². The fourth-order valence-electron chi connectivity index (χ4n) is 3.39. The summed E-state index contributed by atoms with van der Waals surface area (Å²) in [5, 5.41) is 12.1. The van der Waals surface area contributed by atoms with Crippen molar-refractivity contribution in [3.8, 4) is 28.3 Å². The first-order valence-electron chi connectivity index (χ1n) is 9.32. The highest BCUT2D eigenvalue weighted by molar-refractivity contribution is 7.17. The van der Waals surface area contributed by atoms with Crippen LogP contribution in [0.15, 0.2) is 64.8 Å². The van der Waals surface area contributed by atoms with E-state index in [4.69, 9.17) is 9.72 Å². The molecule has 2 heterocycles.